The zero-order valence-corrected chi connectivity index (χ0v) is 19.1. The first-order valence-corrected chi connectivity index (χ1v) is 11.5. The molecule has 0 unspecified atom stereocenters. The lowest BCUT2D eigenvalue weighted by Gasteiger charge is -2.10. The van der Waals surface area contributed by atoms with Crippen molar-refractivity contribution in [3.63, 3.8) is 0 Å². The maximum atomic E-state index is 12.4. The Hall–Kier alpha value is -2.75. The van der Waals surface area contributed by atoms with Crippen LogP contribution < -0.4 is 14.2 Å². The van der Waals surface area contributed by atoms with E-state index < -0.39 is 5.97 Å². The molecule has 0 aromatic heterocycles. The van der Waals surface area contributed by atoms with Gasteiger partial charge in [0.05, 0.1) is 18.4 Å². The van der Waals surface area contributed by atoms with Crippen molar-refractivity contribution in [3.05, 3.63) is 66.4 Å². The molecule has 31 heavy (non-hydrogen) atoms. The molecule has 4 nitrogen and oxygen atoms in total. The van der Waals surface area contributed by atoms with Crippen molar-refractivity contribution in [1.82, 2.24) is 0 Å². The van der Waals surface area contributed by atoms with Crippen LogP contribution in [0.3, 0.4) is 0 Å². The van der Waals surface area contributed by atoms with Crippen LogP contribution in [-0.4, -0.2) is 12.6 Å². The van der Waals surface area contributed by atoms with Crippen molar-refractivity contribution in [2.75, 3.05) is 6.61 Å². The molecule has 0 heterocycles. The third-order valence-electron chi connectivity index (χ3n) is 5.21. The summed E-state index contributed by atoms with van der Waals surface area (Å²) in [5.41, 5.74) is 0.477. The molecule has 0 aliphatic carbocycles. The molecule has 0 saturated heterocycles. The number of hydrogen-bond donors (Lipinski definition) is 0. The largest absolute Gasteiger partial charge is 0.494 e. The molecule has 0 aliphatic rings. The molecule has 2 aromatic carbocycles. The van der Waals surface area contributed by atoms with E-state index in [2.05, 4.69) is 20.8 Å². The fourth-order valence-electron chi connectivity index (χ4n) is 2.97. The molecule has 0 amide bonds. The normalized spacial score (nSPS) is 12.0. The summed E-state index contributed by atoms with van der Waals surface area (Å²) in [4.78, 5) is 12.4. The van der Waals surface area contributed by atoms with Crippen LogP contribution in [0.2, 0.25) is 0 Å². The highest BCUT2D eigenvalue weighted by Gasteiger charge is 2.09. The lowest BCUT2D eigenvalue weighted by atomic mass is 10.0. The van der Waals surface area contributed by atoms with Crippen molar-refractivity contribution < 1.29 is 19.0 Å². The molecule has 1 atom stereocenters. The molecule has 0 bridgehead atoms. The zero-order valence-electron chi connectivity index (χ0n) is 19.1. The monoisotopic (exact) mass is 424 g/mol. The Kier molecular flexibility index (Phi) is 11.3. The number of ether oxygens (including phenoxy) is 3. The van der Waals surface area contributed by atoms with Gasteiger partial charge >= 0.3 is 5.97 Å². The van der Waals surface area contributed by atoms with E-state index in [4.69, 9.17) is 14.2 Å². The second-order valence-electron chi connectivity index (χ2n) is 7.87. The van der Waals surface area contributed by atoms with Gasteiger partial charge in [-0.2, -0.15) is 0 Å². The maximum Gasteiger partial charge on any atom is 0.343 e. The minimum absolute atomic E-state index is 0.399. The Morgan fingerprint density at radius 3 is 2.26 bits per heavy atom. The Bertz CT molecular complexity index is 778. The molecule has 0 radical (unpaired) electrons. The predicted molar refractivity (Wildman–Crippen MR) is 126 cm³/mol. The van der Waals surface area contributed by atoms with Gasteiger partial charge in [0.1, 0.15) is 17.2 Å². The highest BCUT2D eigenvalue weighted by Crippen LogP contribution is 2.20. The molecule has 0 spiro atoms. The van der Waals surface area contributed by atoms with Crippen molar-refractivity contribution in [1.29, 1.82) is 0 Å². The van der Waals surface area contributed by atoms with E-state index in [0.717, 1.165) is 24.5 Å². The van der Waals surface area contributed by atoms with Crippen LogP contribution in [0.4, 0.5) is 0 Å². The molecular weight excluding hydrogens is 388 g/mol. The lowest BCUT2D eigenvalue weighted by Crippen LogP contribution is -2.08. The fraction of sp³-hybridized carbons (Fsp3) is 0.444. The topological polar surface area (TPSA) is 44.8 Å². The van der Waals surface area contributed by atoms with E-state index in [1.165, 1.54) is 32.1 Å². The van der Waals surface area contributed by atoms with Crippen LogP contribution in [0.1, 0.15) is 76.1 Å². The van der Waals surface area contributed by atoms with Gasteiger partial charge in [-0.15, -0.1) is 0 Å². The smallest absolute Gasteiger partial charge is 0.343 e. The van der Waals surface area contributed by atoms with Gasteiger partial charge in [0.25, 0.3) is 0 Å². The van der Waals surface area contributed by atoms with Crippen molar-refractivity contribution in [3.8, 4) is 17.2 Å². The SMILES string of the molecule is CCCCC/C=C/Oc1ccc(C(=O)Oc2ccc(OCCC[C@@H](C)CC)cc2)cc1. The van der Waals surface area contributed by atoms with Gasteiger partial charge in [0.15, 0.2) is 0 Å². The minimum atomic E-state index is -0.399. The predicted octanol–water partition coefficient (Wildman–Crippen LogP) is 7.58. The number of benzene rings is 2. The van der Waals surface area contributed by atoms with Gasteiger partial charge in [0, 0.05) is 0 Å². The quantitative estimate of drug-likeness (QED) is 0.136. The summed E-state index contributed by atoms with van der Waals surface area (Å²) in [5, 5.41) is 0. The minimum Gasteiger partial charge on any atom is -0.494 e. The summed E-state index contributed by atoms with van der Waals surface area (Å²) in [6, 6.07) is 14.1. The second kappa shape index (κ2) is 14.3. The number of esters is 1. The van der Waals surface area contributed by atoms with Crippen molar-refractivity contribution >= 4 is 5.97 Å². The van der Waals surface area contributed by atoms with Crippen LogP contribution in [0, 0.1) is 5.92 Å². The van der Waals surface area contributed by atoms with Gasteiger partial charge < -0.3 is 14.2 Å². The lowest BCUT2D eigenvalue weighted by molar-refractivity contribution is 0.0734. The summed E-state index contributed by atoms with van der Waals surface area (Å²) >= 11 is 0. The van der Waals surface area contributed by atoms with Crippen LogP contribution in [0.5, 0.6) is 17.2 Å². The second-order valence-corrected chi connectivity index (χ2v) is 7.87. The number of allylic oxidation sites excluding steroid dienone is 1. The molecular formula is C27H36O4. The van der Waals surface area contributed by atoms with E-state index in [-0.39, 0.29) is 0 Å². The highest BCUT2D eigenvalue weighted by molar-refractivity contribution is 5.91. The van der Waals surface area contributed by atoms with E-state index in [0.29, 0.717) is 23.7 Å². The standard InChI is InChI=1S/C27H36O4/c1-4-6-7-8-9-20-29-24-14-12-23(13-15-24)27(28)31-26-18-16-25(17-19-26)30-21-10-11-22(3)5-2/h9,12-20,22H,4-8,10-11,21H2,1-3H3/b20-9+/t22-/m0/s1. The van der Waals surface area contributed by atoms with Crippen LogP contribution in [-0.2, 0) is 0 Å². The molecule has 4 heteroatoms. The molecule has 0 aliphatic heterocycles. The summed E-state index contributed by atoms with van der Waals surface area (Å²) in [7, 11) is 0. The van der Waals surface area contributed by atoms with Crippen LogP contribution >= 0.6 is 0 Å². The number of carbonyl (C=O) groups is 1. The van der Waals surface area contributed by atoms with Crippen molar-refractivity contribution in [2.45, 2.75) is 65.7 Å². The summed E-state index contributed by atoms with van der Waals surface area (Å²) in [6.07, 6.45) is 11.8. The molecule has 0 fully saturated rings. The number of carbonyl (C=O) groups excluding carboxylic acids is 1. The number of hydrogen-bond acceptors (Lipinski definition) is 4. The number of rotatable bonds is 14. The molecule has 0 N–H and O–H groups in total. The number of unbranched alkanes of at least 4 members (excludes halogenated alkanes) is 3. The third kappa shape index (κ3) is 9.73. The molecule has 0 saturated carbocycles. The fourth-order valence-corrected chi connectivity index (χ4v) is 2.97. The van der Waals surface area contributed by atoms with Gasteiger partial charge in [-0.3, -0.25) is 0 Å². The summed E-state index contributed by atoms with van der Waals surface area (Å²) < 4.78 is 16.8. The summed E-state index contributed by atoms with van der Waals surface area (Å²) in [5.74, 6) is 2.31. The highest BCUT2D eigenvalue weighted by atomic mass is 16.5. The first-order chi connectivity index (χ1) is 15.1. The summed E-state index contributed by atoms with van der Waals surface area (Å²) in [6.45, 7) is 7.36. The van der Waals surface area contributed by atoms with Gasteiger partial charge in [0.2, 0.25) is 0 Å². The first kappa shape index (κ1) is 24.5. The van der Waals surface area contributed by atoms with E-state index >= 15 is 0 Å². The Balaban J connectivity index is 1.75. The maximum absolute atomic E-state index is 12.4. The Morgan fingerprint density at radius 2 is 1.58 bits per heavy atom. The Labute approximate surface area is 187 Å². The van der Waals surface area contributed by atoms with E-state index in [1.807, 2.05) is 18.2 Å². The molecule has 2 rings (SSSR count). The van der Waals surface area contributed by atoms with Gasteiger partial charge in [-0.1, -0.05) is 40.0 Å². The average Bonchev–Trinajstić information content (AvgIpc) is 2.80. The van der Waals surface area contributed by atoms with Crippen molar-refractivity contribution in [2.24, 2.45) is 5.92 Å². The molecule has 2 aromatic rings. The van der Waals surface area contributed by atoms with E-state index in [9.17, 15) is 4.79 Å². The van der Waals surface area contributed by atoms with Crippen LogP contribution in [0.25, 0.3) is 0 Å². The third-order valence-corrected chi connectivity index (χ3v) is 5.21. The Morgan fingerprint density at radius 1 is 0.903 bits per heavy atom. The van der Waals surface area contributed by atoms with Gasteiger partial charge in [-0.05, 0) is 86.2 Å². The van der Waals surface area contributed by atoms with Crippen LogP contribution in [0.15, 0.2) is 60.9 Å². The van der Waals surface area contributed by atoms with Gasteiger partial charge in [-0.25, -0.2) is 4.79 Å². The zero-order chi connectivity index (χ0) is 22.3. The average molecular weight is 425 g/mol. The van der Waals surface area contributed by atoms with E-state index in [1.54, 1.807) is 42.7 Å². The molecule has 168 valence electrons. The first-order valence-electron chi connectivity index (χ1n) is 11.5.